The topological polar surface area (TPSA) is 63.7 Å². The second-order valence-electron chi connectivity index (χ2n) is 7.48. The van der Waals surface area contributed by atoms with Crippen LogP contribution >= 0.6 is 0 Å². The van der Waals surface area contributed by atoms with Crippen LogP contribution in [-0.2, 0) is 17.8 Å². The van der Waals surface area contributed by atoms with Gasteiger partial charge in [0.15, 0.2) is 11.5 Å². The molecule has 0 unspecified atom stereocenters. The van der Waals surface area contributed by atoms with Gasteiger partial charge in [0.2, 0.25) is 6.41 Å². The van der Waals surface area contributed by atoms with Crippen LogP contribution in [0.2, 0.25) is 0 Å². The number of aromatic nitrogens is 1. The predicted octanol–water partition coefficient (Wildman–Crippen LogP) is 6.53. The Hall–Kier alpha value is -3.75. The number of fused-ring (bicyclic) bond motifs is 3. The van der Waals surface area contributed by atoms with E-state index in [1.807, 2.05) is 44.2 Å². The number of anilines is 3. The van der Waals surface area contributed by atoms with Gasteiger partial charge < -0.3 is 19.7 Å². The van der Waals surface area contributed by atoms with E-state index < -0.39 is 12.6 Å². The third-order valence-corrected chi connectivity index (χ3v) is 5.13. The maximum atomic E-state index is 12.4. The van der Waals surface area contributed by atoms with Gasteiger partial charge in [-0.25, -0.2) is 4.98 Å². The average molecular weight is 490 g/mol. The first-order valence-electron chi connectivity index (χ1n) is 11.4. The lowest BCUT2D eigenvalue weighted by Crippen LogP contribution is -2.19. The van der Waals surface area contributed by atoms with Crippen LogP contribution < -0.4 is 19.7 Å². The van der Waals surface area contributed by atoms with E-state index in [1.54, 1.807) is 30.5 Å². The summed E-state index contributed by atoms with van der Waals surface area (Å²) in [6, 6.07) is 16.3. The molecule has 0 atom stereocenters. The molecule has 9 heteroatoms. The Balaban J connectivity index is 0.000000293. The monoisotopic (exact) mass is 489 g/mol. The number of rotatable bonds is 3. The summed E-state index contributed by atoms with van der Waals surface area (Å²) in [5, 5.41) is 3.13. The molecule has 0 aliphatic carbocycles. The number of nitrogens with one attached hydrogen (secondary N) is 1. The molecule has 188 valence electrons. The lowest BCUT2D eigenvalue weighted by atomic mass is 10.1. The molecular weight excluding hydrogens is 459 g/mol. The van der Waals surface area contributed by atoms with Crippen molar-refractivity contribution < 1.29 is 28.9 Å². The highest BCUT2D eigenvalue weighted by atomic mass is 19.4. The minimum atomic E-state index is -4.20. The van der Waals surface area contributed by atoms with Crippen LogP contribution in [0.1, 0.15) is 32.8 Å². The second kappa shape index (κ2) is 12.1. The number of carbonyl (C=O) groups excluding carboxylic acids is 1. The number of hydrogen-bond acceptors (Lipinski definition) is 5. The Morgan fingerprint density at radius 1 is 1.06 bits per heavy atom. The van der Waals surface area contributed by atoms with Gasteiger partial charge in [0, 0.05) is 19.6 Å². The molecule has 1 aromatic heterocycles. The van der Waals surface area contributed by atoms with Crippen LogP contribution in [0.4, 0.5) is 30.4 Å². The van der Waals surface area contributed by atoms with E-state index in [0.717, 1.165) is 17.1 Å². The van der Waals surface area contributed by atoms with Gasteiger partial charge in [0.05, 0.1) is 17.9 Å². The standard InChI is InChI=1S/C16H14F3N3O.C8H8O2.C2H6.H2/c17-16(18,19)6-5-11-3-4-13-14(8-11)22(10-23)9-12-2-1-7-20-15(12)21-13;1-2-4-8-7(3-1)9-5-6-10-8;1-2;/h1-4,7-8,10H,5-6,9H2,(H,20,21);1-4H,5-6H2;1-2H3;1H. The zero-order valence-electron chi connectivity index (χ0n) is 19.6. The van der Waals surface area contributed by atoms with Gasteiger partial charge in [0.25, 0.3) is 0 Å². The van der Waals surface area contributed by atoms with Gasteiger partial charge in [-0.05, 0) is 42.3 Å². The van der Waals surface area contributed by atoms with Gasteiger partial charge in [-0.3, -0.25) is 4.79 Å². The fourth-order valence-corrected chi connectivity index (χ4v) is 3.52. The summed E-state index contributed by atoms with van der Waals surface area (Å²) < 4.78 is 47.7. The Bertz CT molecular complexity index is 1100. The third-order valence-electron chi connectivity index (χ3n) is 5.13. The largest absolute Gasteiger partial charge is 0.486 e. The van der Waals surface area contributed by atoms with E-state index in [1.165, 1.54) is 4.90 Å². The summed E-state index contributed by atoms with van der Waals surface area (Å²) in [6.45, 7) is 5.64. The molecule has 6 nitrogen and oxygen atoms in total. The first-order chi connectivity index (χ1) is 16.9. The molecule has 2 aliphatic rings. The average Bonchev–Trinajstić information content (AvgIpc) is 3.05. The van der Waals surface area contributed by atoms with Gasteiger partial charge in [-0.2, -0.15) is 13.2 Å². The molecule has 35 heavy (non-hydrogen) atoms. The Morgan fingerprint density at radius 2 is 1.74 bits per heavy atom. The number of nitrogens with zero attached hydrogens (tertiary/aromatic N) is 2. The molecule has 3 heterocycles. The highest BCUT2D eigenvalue weighted by Crippen LogP contribution is 2.35. The van der Waals surface area contributed by atoms with Crippen molar-refractivity contribution in [2.75, 3.05) is 23.4 Å². The summed E-state index contributed by atoms with van der Waals surface area (Å²) in [4.78, 5) is 17.1. The molecule has 1 N–H and O–H groups in total. The number of hydrogen-bond donors (Lipinski definition) is 1. The lowest BCUT2D eigenvalue weighted by molar-refractivity contribution is -0.134. The Labute approximate surface area is 204 Å². The van der Waals surface area contributed by atoms with E-state index in [4.69, 9.17) is 9.47 Å². The number of halogens is 3. The zero-order valence-corrected chi connectivity index (χ0v) is 19.6. The molecule has 0 saturated carbocycles. The molecular formula is C26H30F3N3O3. The van der Waals surface area contributed by atoms with Gasteiger partial charge in [0.1, 0.15) is 19.0 Å². The smallest absolute Gasteiger partial charge is 0.389 e. The van der Waals surface area contributed by atoms with Crippen molar-refractivity contribution in [1.29, 1.82) is 0 Å². The van der Waals surface area contributed by atoms with E-state index in [2.05, 4.69) is 10.3 Å². The van der Waals surface area contributed by atoms with Gasteiger partial charge in [-0.1, -0.05) is 38.1 Å². The van der Waals surface area contributed by atoms with Crippen LogP contribution in [-0.4, -0.2) is 30.8 Å². The quantitative estimate of drug-likeness (QED) is 0.424. The van der Waals surface area contributed by atoms with Crippen LogP contribution in [0.15, 0.2) is 60.8 Å². The molecule has 0 bridgehead atoms. The number of amides is 1. The SMILES string of the molecule is CC.O=CN1Cc2cccnc2Nc2ccc(CCC(F)(F)F)cc21.[HH].c1ccc2c(c1)OCCO2. The number of carbonyl (C=O) groups is 1. The maximum Gasteiger partial charge on any atom is 0.389 e. The van der Waals surface area contributed by atoms with Gasteiger partial charge >= 0.3 is 6.18 Å². The van der Waals surface area contributed by atoms with Crippen molar-refractivity contribution in [2.24, 2.45) is 0 Å². The number of ether oxygens (including phenoxy) is 2. The highest BCUT2D eigenvalue weighted by molar-refractivity contribution is 5.87. The van der Waals surface area contributed by atoms with E-state index in [0.29, 0.717) is 48.9 Å². The first-order valence-corrected chi connectivity index (χ1v) is 11.4. The molecule has 2 aromatic carbocycles. The lowest BCUT2D eigenvalue weighted by Gasteiger charge is -2.18. The number of alkyl halides is 3. The summed E-state index contributed by atoms with van der Waals surface area (Å²) in [6.07, 6.45) is -2.89. The molecule has 2 aliphatic heterocycles. The van der Waals surface area contributed by atoms with E-state index >= 15 is 0 Å². The molecule has 0 saturated heterocycles. The summed E-state index contributed by atoms with van der Waals surface area (Å²) in [7, 11) is 0. The van der Waals surface area contributed by atoms with Crippen LogP contribution in [0.25, 0.3) is 0 Å². The molecule has 1 amide bonds. The minimum Gasteiger partial charge on any atom is -0.486 e. The number of pyridine rings is 1. The molecule has 0 spiro atoms. The fraction of sp³-hybridized carbons (Fsp3) is 0.308. The van der Waals surface area contributed by atoms with Crippen molar-refractivity contribution >= 4 is 23.6 Å². The minimum absolute atomic E-state index is 0. The molecule has 0 fully saturated rings. The maximum absolute atomic E-state index is 12.4. The van der Waals surface area contributed by atoms with E-state index in [9.17, 15) is 18.0 Å². The van der Waals surface area contributed by atoms with Gasteiger partial charge in [-0.15, -0.1) is 0 Å². The third kappa shape index (κ3) is 7.11. The summed E-state index contributed by atoms with van der Waals surface area (Å²) >= 11 is 0. The van der Waals surface area contributed by atoms with Crippen molar-refractivity contribution in [1.82, 2.24) is 4.98 Å². The molecule has 0 radical (unpaired) electrons. The predicted molar refractivity (Wildman–Crippen MR) is 131 cm³/mol. The Morgan fingerprint density at radius 3 is 2.37 bits per heavy atom. The van der Waals surface area contributed by atoms with Crippen molar-refractivity contribution in [3.63, 3.8) is 0 Å². The molecule has 3 aromatic rings. The fourth-order valence-electron chi connectivity index (χ4n) is 3.52. The van der Waals surface area contributed by atoms with Crippen molar-refractivity contribution in [3.05, 3.63) is 71.9 Å². The summed E-state index contributed by atoms with van der Waals surface area (Å²) in [5.74, 6) is 2.35. The Kier molecular flexibility index (Phi) is 8.94. The van der Waals surface area contributed by atoms with E-state index in [-0.39, 0.29) is 7.85 Å². The zero-order chi connectivity index (χ0) is 25.3. The number of para-hydroxylation sites is 2. The second-order valence-corrected chi connectivity index (χ2v) is 7.48. The molecule has 5 rings (SSSR count). The van der Waals surface area contributed by atoms with Crippen molar-refractivity contribution in [2.45, 2.75) is 39.4 Å². The van der Waals surface area contributed by atoms with Crippen LogP contribution in [0, 0.1) is 0 Å². The van der Waals surface area contributed by atoms with Crippen LogP contribution in [0.5, 0.6) is 11.5 Å². The first kappa shape index (κ1) is 25.9. The number of aryl methyl sites for hydroxylation is 1. The normalized spacial score (nSPS) is 13.3. The highest BCUT2D eigenvalue weighted by Gasteiger charge is 2.27. The van der Waals surface area contributed by atoms with Crippen LogP contribution in [0.3, 0.4) is 0 Å². The summed E-state index contributed by atoms with van der Waals surface area (Å²) in [5.41, 5.74) is 2.57. The number of benzene rings is 2. The van der Waals surface area contributed by atoms with Crippen molar-refractivity contribution in [3.8, 4) is 11.5 Å².